The van der Waals surface area contributed by atoms with E-state index in [-0.39, 0.29) is 17.4 Å². The second-order valence-electron chi connectivity index (χ2n) is 6.32. The van der Waals surface area contributed by atoms with E-state index >= 15 is 0 Å². The van der Waals surface area contributed by atoms with E-state index in [4.69, 9.17) is 10.5 Å². The second kappa shape index (κ2) is 7.41. The summed E-state index contributed by atoms with van der Waals surface area (Å²) in [5.74, 6) is -0.0606. The molecule has 1 heterocycles. The van der Waals surface area contributed by atoms with Crippen LogP contribution in [0.4, 0.5) is 0 Å². The zero-order valence-electron chi connectivity index (χ0n) is 13.2. The first-order valence-corrected chi connectivity index (χ1v) is 8.89. The van der Waals surface area contributed by atoms with E-state index in [1.54, 1.807) is 11.3 Å². The largest absolute Gasteiger partial charge is 0.466 e. The molecule has 21 heavy (non-hydrogen) atoms. The van der Waals surface area contributed by atoms with Crippen molar-refractivity contribution in [3.8, 4) is 0 Å². The smallest absolute Gasteiger partial charge is 0.306 e. The van der Waals surface area contributed by atoms with Crippen LogP contribution >= 0.6 is 11.3 Å². The Bertz CT molecular complexity index is 463. The minimum absolute atomic E-state index is 0.0394. The maximum Gasteiger partial charge on any atom is 0.306 e. The van der Waals surface area contributed by atoms with Gasteiger partial charge >= 0.3 is 5.97 Å². The third-order valence-corrected chi connectivity index (χ3v) is 5.78. The number of ether oxygens (including phenoxy) is 1. The summed E-state index contributed by atoms with van der Waals surface area (Å²) >= 11 is 1.73. The van der Waals surface area contributed by atoms with Gasteiger partial charge in [0, 0.05) is 10.9 Å². The maximum absolute atomic E-state index is 12.0. The molecular formula is C17H27NO2S. The van der Waals surface area contributed by atoms with Crippen molar-refractivity contribution in [3.05, 3.63) is 21.9 Å². The van der Waals surface area contributed by atoms with Gasteiger partial charge in [-0.1, -0.05) is 19.3 Å². The predicted molar refractivity (Wildman–Crippen MR) is 87.4 cm³/mol. The Labute approximate surface area is 131 Å². The first-order chi connectivity index (χ1) is 10.1. The van der Waals surface area contributed by atoms with Crippen LogP contribution in [-0.4, -0.2) is 12.6 Å². The molecule has 1 aromatic rings. The SMILES string of the molecule is CCOC(=O)CC1(CC(N)c2sccc2C)CCCCC1. The summed E-state index contributed by atoms with van der Waals surface area (Å²) in [6.45, 7) is 4.45. The summed E-state index contributed by atoms with van der Waals surface area (Å²) in [4.78, 5) is 13.3. The van der Waals surface area contributed by atoms with E-state index in [2.05, 4.69) is 18.4 Å². The van der Waals surface area contributed by atoms with Crippen molar-refractivity contribution < 1.29 is 9.53 Å². The molecule has 1 aliphatic carbocycles. The zero-order chi connectivity index (χ0) is 15.3. The Morgan fingerprint density at radius 2 is 2.14 bits per heavy atom. The van der Waals surface area contributed by atoms with Gasteiger partial charge in [-0.05, 0) is 55.5 Å². The van der Waals surface area contributed by atoms with Gasteiger partial charge in [-0.25, -0.2) is 0 Å². The van der Waals surface area contributed by atoms with Crippen LogP contribution in [-0.2, 0) is 9.53 Å². The van der Waals surface area contributed by atoms with E-state index in [1.165, 1.54) is 29.7 Å². The highest BCUT2D eigenvalue weighted by Gasteiger charge is 2.37. The molecule has 1 aliphatic rings. The Morgan fingerprint density at radius 3 is 2.71 bits per heavy atom. The molecule has 0 radical (unpaired) electrons. The van der Waals surface area contributed by atoms with Crippen molar-refractivity contribution >= 4 is 17.3 Å². The van der Waals surface area contributed by atoms with Gasteiger partial charge in [0.1, 0.15) is 0 Å². The molecule has 2 N–H and O–H groups in total. The van der Waals surface area contributed by atoms with E-state index in [9.17, 15) is 4.79 Å². The van der Waals surface area contributed by atoms with Crippen LogP contribution in [0.25, 0.3) is 0 Å². The van der Waals surface area contributed by atoms with Crippen LogP contribution in [0.1, 0.15) is 68.4 Å². The van der Waals surface area contributed by atoms with Gasteiger partial charge in [0.2, 0.25) is 0 Å². The van der Waals surface area contributed by atoms with Crippen LogP contribution in [0.3, 0.4) is 0 Å². The normalized spacial score (nSPS) is 19.2. The lowest BCUT2D eigenvalue weighted by atomic mass is 9.68. The van der Waals surface area contributed by atoms with Gasteiger partial charge in [0.05, 0.1) is 13.0 Å². The topological polar surface area (TPSA) is 52.3 Å². The highest BCUT2D eigenvalue weighted by Crippen LogP contribution is 2.46. The number of hydrogen-bond acceptors (Lipinski definition) is 4. The molecule has 1 saturated carbocycles. The maximum atomic E-state index is 12.0. The van der Waals surface area contributed by atoms with E-state index < -0.39 is 0 Å². The van der Waals surface area contributed by atoms with Crippen molar-refractivity contribution in [2.75, 3.05) is 6.61 Å². The van der Waals surface area contributed by atoms with Crippen molar-refractivity contribution in [3.63, 3.8) is 0 Å². The molecule has 0 saturated heterocycles. The Balaban J connectivity index is 2.08. The summed E-state index contributed by atoms with van der Waals surface area (Å²) in [7, 11) is 0. The molecule has 0 aromatic carbocycles. The Kier molecular flexibility index (Phi) is 5.82. The monoisotopic (exact) mass is 309 g/mol. The highest BCUT2D eigenvalue weighted by molar-refractivity contribution is 7.10. The molecular weight excluding hydrogens is 282 g/mol. The number of nitrogens with two attached hydrogens (primary N) is 1. The fraction of sp³-hybridized carbons (Fsp3) is 0.706. The summed E-state index contributed by atoms with van der Waals surface area (Å²) in [5, 5.41) is 2.10. The summed E-state index contributed by atoms with van der Waals surface area (Å²) < 4.78 is 5.19. The van der Waals surface area contributed by atoms with Crippen LogP contribution in [0.2, 0.25) is 0 Å². The molecule has 1 unspecified atom stereocenters. The van der Waals surface area contributed by atoms with Gasteiger partial charge < -0.3 is 10.5 Å². The third-order valence-electron chi connectivity index (χ3n) is 4.63. The first-order valence-electron chi connectivity index (χ1n) is 8.01. The zero-order valence-corrected chi connectivity index (χ0v) is 14.0. The number of carbonyl (C=O) groups is 1. The molecule has 1 aromatic heterocycles. The molecule has 4 heteroatoms. The van der Waals surface area contributed by atoms with Crippen LogP contribution in [0.5, 0.6) is 0 Å². The number of rotatable bonds is 6. The summed E-state index contributed by atoms with van der Waals surface area (Å²) in [6.07, 6.45) is 7.31. The van der Waals surface area contributed by atoms with Crippen LogP contribution < -0.4 is 5.73 Å². The lowest BCUT2D eigenvalue weighted by Gasteiger charge is -2.38. The molecule has 1 fully saturated rings. The second-order valence-corrected chi connectivity index (χ2v) is 7.27. The number of esters is 1. The van der Waals surface area contributed by atoms with Crippen LogP contribution in [0.15, 0.2) is 11.4 Å². The predicted octanol–water partition coefficient (Wildman–Crippen LogP) is 4.35. The average Bonchev–Trinajstić information content (AvgIpc) is 2.86. The fourth-order valence-electron chi connectivity index (χ4n) is 3.60. The van der Waals surface area contributed by atoms with Crippen LogP contribution in [0, 0.1) is 12.3 Å². The molecule has 118 valence electrons. The van der Waals surface area contributed by atoms with Gasteiger partial charge in [0.15, 0.2) is 0 Å². The van der Waals surface area contributed by atoms with Crippen molar-refractivity contribution in [2.24, 2.45) is 11.1 Å². The molecule has 3 nitrogen and oxygen atoms in total. The lowest BCUT2D eigenvalue weighted by molar-refractivity contribution is -0.146. The minimum Gasteiger partial charge on any atom is -0.466 e. The lowest BCUT2D eigenvalue weighted by Crippen LogP contribution is -2.32. The molecule has 1 atom stereocenters. The van der Waals surface area contributed by atoms with Gasteiger partial charge in [-0.3, -0.25) is 4.79 Å². The van der Waals surface area contributed by atoms with E-state index in [1.807, 2.05) is 6.92 Å². The Hall–Kier alpha value is -0.870. The molecule has 0 spiro atoms. The molecule has 0 aliphatic heterocycles. The molecule has 2 rings (SSSR count). The standard InChI is InChI=1S/C17H27NO2S/c1-3-20-15(19)12-17(8-5-4-6-9-17)11-14(18)16-13(2)7-10-21-16/h7,10,14H,3-6,8-9,11-12,18H2,1-2H3. The van der Waals surface area contributed by atoms with Gasteiger partial charge in [-0.2, -0.15) is 0 Å². The van der Waals surface area contributed by atoms with E-state index in [0.29, 0.717) is 13.0 Å². The third kappa shape index (κ3) is 4.30. The average molecular weight is 309 g/mol. The van der Waals surface area contributed by atoms with Gasteiger partial charge in [-0.15, -0.1) is 11.3 Å². The van der Waals surface area contributed by atoms with Crippen molar-refractivity contribution in [2.45, 2.75) is 64.8 Å². The number of thiophene rings is 1. The Morgan fingerprint density at radius 1 is 1.43 bits per heavy atom. The van der Waals surface area contributed by atoms with Crippen molar-refractivity contribution in [1.29, 1.82) is 0 Å². The first kappa shape index (κ1) is 16.5. The number of carbonyl (C=O) groups excluding carboxylic acids is 1. The fourth-order valence-corrected chi connectivity index (χ4v) is 4.53. The quantitative estimate of drug-likeness (QED) is 0.795. The van der Waals surface area contributed by atoms with Crippen molar-refractivity contribution in [1.82, 2.24) is 0 Å². The number of hydrogen-bond donors (Lipinski definition) is 1. The summed E-state index contributed by atoms with van der Waals surface area (Å²) in [6, 6.07) is 2.16. The molecule has 0 bridgehead atoms. The van der Waals surface area contributed by atoms with E-state index in [0.717, 1.165) is 19.3 Å². The molecule has 0 amide bonds. The van der Waals surface area contributed by atoms with Gasteiger partial charge in [0.25, 0.3) is 0 Å². The minimum atomic E-state index is -0.0606. The summed E-state index contributed by atoms with van der Waals surface area (Å²) in [5.41, 5.74) is 7.78. The number of aryl methyl sites for hydroxylation is 1. The highest BCUT2D eigenvalue weighted by atomic mass is 32.1.